The molecular weight excluding hydrogens is 250 g/mol. The summed E-state index contributed by atoms with van der Waals surface area (Å²) in [5.74, 6) is 1.73. The SMILES string of the molecule is COc1cc(C#N)ccc1Oc1ccc(Cl)cc1. The van der Waals surface area contributed by atoms with E-state index < -0.39 is 0 Å². The maximum atomic E-state index is 8.81. The number of halogens is 1. The van der Waals surface area contributed by atoms with E-state index in [1.54, 1.807) is 42.5 Å². The van der Waals surface area contributed by atoms with Gasteiger partial charge in [0.25, 0.3) is 0 Å². The molecule has 2 rings (SSSR count). The van der Waals surface area contributed by atoms with Crippen molar-refractivity contribution >= 4 is 11.6 Å². The van der Waals surface area contributed by atoms with E-state index in [-0.39, 0.29) is 0 Å². The maximum Gasteiger partial charge on any atom is 0.169 e. The zero-order valence-electron chi connectivity index (χ0n) is 9.68. The number of ether oxygens (including phenoxy) is 2. The summed E-state index contributed by atoms with van der Waals surface area (Å²) in [6.45, 7) is 0. The molecule has 0 bridgehead atoms. The van der Waals surface area contributed by atoms with Crippen molar-refractivity contribution in [2.45, 2.75) is 0 Å². The fourth-order valence-electron chi connectivity index (χ4n) is 1.45. The van der Waals surface area contributed by atoms with Crippen molar-refractivity contribution in [2.24, 2.45) is 0 Å². The lowest BCUT2D eigenvalue weighted by Gasteiger charge is -2.10. The Hall–Kier alpha value is -2.18. The van der Waals surface area contributed by atoms with Gasteiger partial charge in [0.2, 0.25) is 0 Å². The Morgan fingerprint density at radius 2 is 1.78 bits per heavy atom. The molecule has 3 nitrogen and oxygen atoms in total. The van der Waals surface area contributed by atoms with Crippen LogP contribution in [-0.2, 0) is 0 Å². The molecule has 0 N–H and O–H groups in total. The van der Waals surface area contributed by atoms with Crippen LogP contribution in [0.5, 0.6) is 17.2 Å². The molecule has 0 heterocycles. The lowest BCUT2D eigenvalue weighted by molar-refractivity contribution is 0.378. The quantitative estimate of drug-likeness (QED) is 0.836. The van der Waals surface area contributed by atoms with Crippen molar-refractivity contribution in [3.05, 3.63) is 53.1 Å². The van der Waals surface area contributed by atoms with Gasteiger partial charge in [-0.25, -0.2) is 0 Å². The van der Waals surface area contributed by atoms with Gasteiger partial charge in [0.1, 0.15) is 5.75 Å². The number of nitrogens with zero attached hydrogens (tertiary/aromatic N) is 1. The van der Waals surface area contributed by atoms with Crippen LogP contribution in [-0.4, -0.2) is 7.11 Å². The minimum atomic E-state index is 0.518. The molecule has 0 saturated heterocycles. The van der Waals surface area contributed by atoms with E-state index in [1.807, 2.05) is 6.07 Å². The summed E-state index contributed by atoms with van der Waals surface area (Å²) in [4.78, 5) is 0. The van der Waals surface area contributed by atoms with Gasteiger partial charge in [-0.2, -0.15) is 5.26 Å². The molecule has 0 amide bonds. The van der Waals surface area contributed by atoms with Crippen molar-refractivity contribution in [2.75, 3.05) is 7.11 Å². The van der Waals surface area contributed by atoms with E-state index in [0.717, 1.165) is 0 Å². The third-order valence-corrected chi connectivity index (χ3v) is 2.59. The number of methoxy groups -OCH3 is 1. The lowest BCUT2D eigenvalue weighted by atomic mass is 10.2. The summed E-state index contributed by atoms with van der Waals surface area (Å²) < 4.78 is 10.8. The Morgan fingerprint density at radius 3 is 2.39 bits per heavy atom. The molecule has 0 aliphatic carbocycles. The smallest absolute Gasteiger partial charge is 0.169 e. The van der Waals surface area contributed by atoms with E-state index >= 15 is 0 Å². The van der Waals surface area contributed by atoms with E-state index in [0.29, 0.717) is 27.8 Å². The van der Waals surface area contributed by atoms with E-state index in [2.05, 4.69) is 0 Å². The highest BCUT2D eigenvalue weighted by Gasteiger charge is 2.06. The van der Waals surface area contributed by atoms with E-state index in [4.69, 9.17) is 26.3 Å². The van der Waals surface area contributed by atoms with Crippen molar-refractivity contribution < 1.29 is 9.47 Å². The Bertz CT molecular complexity index is 588. The van der Waals surface area contributed by atoms with E-state index in [9.17, 15) is 0 Å². The highest BCUT2D eigenvalue weighted by atomic mass is 35.5. The van der Waals surface area contributed by atoms with Gasteiger partial charge in [-0.15, -0.1) is 0 Å². The second-order valence-corrected chi connectivity index (χ2v) is 3.97. The summed E-state index contributed by atoms with van der Waals surface area (Å²) in [5.41, 5.74) is 0.523. The van der Waals surface area contributed by atoms with E-state index in [1.165, 1.54) is 7.11 Å². The summed E-state index contributed by atoms with van der Waals surface area (Å²) in [5, 5.41) is 9.46. The first-order chi connectivity index (χ1) is 8.72. The first kappa shape index (κ1) is 12.3. The number of rotatable bonds is 3. The Kier molecular flexibility index (Phi) is 3.71. The maximum absolute atomic E-state index is 8.81. The second-order valence-electron chi connectivity index (χ2n) is 3.53. The summed E-state index contributed by atoms with van der Waals surface area (Å²) in [6.07, 6.45) is 0. The van der Waals surface area contributed by atoms with Gasteiger partial charge in [0.05, 0.1) is 18.7 Å². The molecule has 18 heavy (non-hydrogen) atoms. The van der Waals surface area contributed by atoms with Crippen LogP contribution < -0.4 is 9.47 Å². The summed E-state index contributed by atoms with van der Waals surface area (Å²) in [7, 11) is 1.53. The fourth-order valence-corrected chi connectivity index (χ4v) is 1.58. The topological polar surface area (TPSA) is 42.2 Å². The largest absolute Gasteiger partial charge is 0.493 e. The van der Waals surface area contributed by atoms with Gasteiger partial charge in [-0.1, -0.05) is 11.6 Å². The van der Waals surface area contributed by atoms with Crippen LogP contribution in [0.4, 0.5) is 0 Å². The molecule has 0 unspecified atom stereocenters. The predicted molar refractivity (Wildman–Crippen MR) is 69.2 cm³/mol. The normalized spacial score (nSPS) is 9.61. The average Bonchev–Trinajstić information content (AvgIpc) is 2.41. The van der Waals surface area contributed by atoms with Crippen LogP contribution in [0.1, 0.15) is 5.56 Å². The Labute approximate surface area is 110 Å². The van der Waals surface area contributed by atoms with Gasteiger partial charge >= 0.3 is 0 Å². The molecule has 0 atom stereocenters. The number of nitriles is 1. The highest BCUT2D eigenvalue weighted by molar-refractivity contribution is 6.30. The van der Waals surface area contributed by atoms with Crippen LogP contribution in [0, 0.1) is 11.3 Å². The lowest BCUT2D eigenvalue weighted by Crippen LogP contribution is -1.91. The molecule has 0 aliphatic heterocycles. The predicted octanol–water partition coefficient (Wildman–Crippen LogP) is 4.01. The third kappa shape index (κ3) is 2.73. The molecule has 0 saturated carbocycles. The fraction of sp³-hybridized carbons (Fsp3) is 0.0714. The first-order valence-corrected chi connectivity index (χ1v) is 5.62. The van der Waals surface area contributed by atoms with Crippen LogP contribution >= 0.6 is 11.6 Å². The van der Waals surface area contributed by atoms with Crippen LogP contribution in [0.3, 0.4) is 0 Å². The highest BCUT2D eigenvalue weighted by Crippen LogP contribution is 2.32. The molecule has 0 aromatic heterocycles. The molecule has 4 heteroatoms. The Morgan fingerprint density at radius 1 is 1.06 bits per heavy atom. The number of benzene rings is 2. The molecule has 2 aromatic carbocycles. The van der Waals surface area contributed by atoms with Crippen LogP contribution in [0.2, 0.25) is 5.02 Å². The first-order valence-electron chi connectivity index (χ1n) is 5.24. The molecular formula is C14H10ClNO2. The number of hydrogen-bond donors (Lipinski definition) is 0. The standard InChI is InChI=1S/C14H10ClNO2/c1-17-14-8-10(9-16)2-7-13(14)18-12-5-3-11(15)4-6-12/h2-8H,1H3. The minimum Gasteiger partial charge on any atom is -0.493 e. The van der Waals surface area contributed by atoms with Crippen LogP contribution in [0.25, 0.3) is 0 Å². The monoisotopic (exact) mass is 259 g/mol. The van der Waals surface area contributed by atoms with Crippen molar-refractivity contribution in [3.8, 4) is 23.3 Å². The van der Waals surface area contributed by atoms with Crippen molar-refractivity contribution in [3.63, 3.8) is 0 Å². The molecule has 2 aromatic rings. The average molecular weight is 260 g/mol. The number of hydrogen-bond acceptors (Lipinski definition) is 3. The zero-order chi connectivity index (χ0) is 13.0. The third-order valence-electron chi connectivity index (χ3n) is 2.33. The molecule has 0 aliphatic rings. The minimum absolute atomic E-state index is 0.518. The Balaban J connectivity index is 2.29. The molecule has 0 fully saturated rings. The van der Waals surface area contributed by atoms with Crippen molar-refractivity contribution in [1.82, 2.24) is 0 Å². The van der Waals surface area contributed by atoms with Gasteiger partial charge in [0.15, 0.2) is 11.5 Å². The molecule has 90 valence electrons. The van der Waals surface area contributed by atoms with Gasteiger partial charge in [0, 0.05) is 11.1 Å². The molecule has 0 radical (unpaired) electrons. The molecule has 0 spiro atoms. The summed E-state index contributed by atoms with van der Waals surface area (Å²) in [6, 6.07) is 14.1. The summed E-state index contributed by atoms with van der Waals surface area (Å²) >= 11 is 5.80. The zero-order valence-corrected chi connectivity index (χ0v) is 10.4. The van der Waals surface area contributed by atoms with Crippen LogP contribution in [0.15, 0.2) is 42.5 Å². The van der Waals surface area contributed by atoms with Gasteiger partial charge in [-0.3, -0.25) is 0 Å². The van der Waals surface area contributed by atoms with Crippen molar-refractivity contribution in [1.29, 1.82) is 5.26 Å². The van der Waals surface area contributed by atoms with Gasteiger partial charge in [-0.05, 0) is 36.4 Å². The van der Waals surface area contributed by atoms with Gasteiger partial charge < -0.3 is 9.47 Å². The second kappa shape index (κ2) is 5.44.